The number of carbonyl (C=O) groups excluding carboxylic acids is 2. The molecular formula is C57H91NO5. The van der Waals surface area contributed by atoms with E-state index in [9.17, 15) is 19.8 Å². The Morgan fingerprint density at radius 2 is 0.873 bits per heavy atom. The summed E-state index contributed by atoms with van der Waals surface area (Å²) in [4.78, 5) is 26.0. The number of nitrogens with one attached hydrogen (secondary N) is 1. The highest BCUT2D eigenvalue weighted by Crippen LogP contribution is 2.14. The zero-order valence-corrected chi connectivity index (χ0v) is 40.1. The van der Waals surface area contributed by atoms with E-state index in [1.807, 2.05) is 6.08 Å². The second-order valence-electron chi connectivity index (χ2n) is 16.1. The van der Waals surface area contributed by atoms with E-state index >= 15 is 0 Å². The summed E-state index contributed by atoms with van der Waals surface area (Å²) in [5, 5.41) is 23.6. The minimum Gasteiger partial charge on any atom is -0.458 e. The molecule has 0 aliphatic rings. The number of carbonyl (C=O) groups is 2. The number of rotatable bonds is 42. The van der Waals surface area contributed by atoms with Gasteiger partial charge in [0.25, 0.3) is 0 Å². The molecule has 0 aromatic heterocycles. The Kier molecular flexibility index (Phi) is 45.9. The normalized spacial score (nSPS) is 14.4. The van der Waals surface area contributed by atoms with Crippen LogP contribution in [0.3, 0.4) is 0 Å². The third-order valence-corrected chi connectivity index (χ3v) is 10.2. The summed E-state index contributed by atoms with van der Waals surface area (Å²) in [7, 11) is 0. The molecule has 6 nitrogen and oxygen atoms in total. The Morgan fingerprint density at radius 1 is 0.492 bits per heavy atom. The van der Waals surface area contributed by atoms with Gasteiger partial charge in [-0.2, -0.15) is 0 Å². The Bertz CT molecular complexity index is 1390. The summed E-state index contributed by atoms with van der Waals surface area (Å²) in [6.07, 6.45) is 69.7. The first kappa shape index (κ1) is 59.0. The van der Waals surface area contributed by atoms with Gasteiger partial charge in [0.05, 0.1) is 25.2 Å². The molecule has 354 valence electrons. The lowest BCUT2D eigenvalue weighted by Crippen LogP contribution is -2.46. The molecule has 0 aromatic rings. The van der Waals surface area contributed by atoms with Crippen LogP contribution in [0.15, 0.2) is 134 Å². The van der Waals surface area contributed by atoms with Crippen LogP contribution in [0, 0.1) is 0 Å². The number of unbranched alkanes of at least 4 members (excludes halogenated alkanes) is 10. The smallest absolute Gasteiger partial charge is 0.306 e. The Balaban J connectivity index is 4.91. The quantitative estimate of drug-likeness (QED) is 0.0323. The Morgan fingerprint density at radius 3 is 1.29 bits per heavy atom. The summed E-state index contributed by atoms with van der Waals surface area (Å²) in [5.74, 6) is -0.716. The molecule has 0 fully saturated rings. The van der Waals surface area contributed by atoms with Crippen molar-refractivity contribution in [3.8, 4) is 0 Å². The van der Waals surface area contributed by atoms with Gasteiger partial charge in [0.1, 0.15) is 6.10 Å². The predicted octanol–water partition coefficient (Wildman–Crippen LogP) is 15.1. The summed E-state index contributed by atoms with van der Waals surface area (Å²) in [6, 6.07) is -0.763. The van der Waals surface area contributed by atoms with Crippen LogP contribution in [-0.4, -0.2) is 46.9 Å². The van der Waals surface area contributed by atoms with Crippen molar-refractivity contribution < 1.29 is 24.5 Å². The largest absolute Gasteiger partial charge is 0.458 e. The van der Waals surface area contributed by atoms with Crippen LogP contribution in [0.1, 0.15) is 188 Å². The van der Waals surface area contributed by atoms with Crippen molar-refractivity contribution in [3.63, 3.8) is 0 Å². The molecule has 0 spiro atoms. The van der Waals surface area contributed by atoms with E-state index < -0.39 is 18.2 Å². The van der Waals surface area contributed by atoms with Crippen molar-refractivity contribution in [2.75, 3.05) is 6.61 Å². The monoisotopic (exact) mass is 870 g/mol. The van der Waals surface area contributed by atoms with E-state index in [1.165, 1.54) is 44.9 Å². The van der Waals surface area contributed by atoms with Gasteiger partial charge in [0.15, 0.2) is 0 Å². The number of hydrogen-bond acceptors (Lipinski definition) is 5. The molecule has 3 atom stereocenters. The van der Waals surface area contributed by atoms with Crippen molar-refractivity contribution >= 4 is 11.9 Å². The first-order chi connectivity index (χ1) is 31.0. The number of hydrogen-bond donors (Lipinski definition) is 3. The first-order valence-corrected chi connectivity index (χ1v) is 24.9. The third kappa shape index (κ3) is 44.4. The van der Waals surface area contributed by atoms with Crippen LogP contribution < -0.4 is 5.32 Å². The molecule has 63 heavy (non-hydrogen) atoms. The van der Waals surface area contributed by atoms with Crippen molar-refractivity contribution in [2.24, 2.45) is 0 Å². The Hall–Kier alpha value is -4.00. The van der Waals surface area contributed by atoms with E-state index in [-0.39, 0.29) is 31.3 Å². The van der Waals surface area contributed by atoms with Gasteiger partial charge in [-0.15, -0.1) is 0 Å². The van der Waals surface area contributed by atoms with Gasteiger partial charge in [-0.3, -0.25) is 9.59 Å². The maximum atomic E-state index is 13.1. The molecule has 0 aromatic carbocycles. The van der Waals surface area contributed by atoms with E-state index in [1.54, 1.807) is 6.08 Å². The van der Waals surface area contributed by atoms with Crippen LogP contribution in [0.2, 0.25) is 0 Å². The molecule has 3 N–H and O–H groups in total. The van der Waals surface area contributed by atoms with Gasteiger partial charge in [0.2, 0.25) is 5.91 Å². The van der Waals surface area contributed by atoms with Crippen LogP contribution in [0.5, 0.6) is 0 Å². The van der Waals surface area contributed by atoms with Crippen molar-refractivity contribution in [3.05, 3.63) is 134 Å². The molecule has 0 rings (SSSR count). The molecule has 0 bridgehead atoms. The lowest BCUT2D eigenvalue weighted by atomic mass is 10.0. The fraction of sp³-hybridized carbons (Fsp3) is 0.579. The summed E-state index contributed by atoms with van der Waals surface area (Å²) < 4.78 is 5.78. The minimum absolute atomic E-state index is 0.0792. The molecule has 0 aliphatic carbocycles. The highest BCUT2D eigenvalue weighted by Gasteiger charge is 2.23. The van der Waals surface area contributed by atoms with E-state index in [0.717, 1.165) is 89.9 Å². The van der Waals surface area contributed by atoms with E-state index in [4.69, 9.17) is 4.74 Å². The average Bonchev–Trinajstić information content (AvgIpc) is 3.28. The number of allylic oxidation sites excluding steroid dienone is 21. The molecule has 1 amide bonds. The first-order valence-electron chi connectivity index (χ1n) is 24.9. The fourth-order valence-electron chi connectivity index (χ4n) is 6.52. The van der Waals surface area contributed by atoms with Crippen LogP contribution in [0.25, 0.3) is 0 Å². The van der Waals surface area contributed by atoms with Gasteiger partial charge >= 0.3 is 5.97 Å². The summed E-state index contributed by atoms with van der Waals surface area (Å²) in [5.41, 5.74) is 0. The molecule has 3 unspecified atom stereocenters. The van der Waals surface area contributed by atoms with Gasteiger partial charge in [0, 0.05) is 6.42 Å². The number of aliphatic hydroxyl groups is 2. The second-order valence-corrected chi connectivity index (χ2v) is 16.1. The van der Waals surface area contributed by atoms with Crippen molar-refractivity contribution in [2.45, 2.75) is 206 Å². The van der Waals surface area contributed by atoms with E-state index in [0.29, 0.717) is 19.3 Å². The summed E-state index contributed by atoms with van der Waals surface area (Å²) in [6.45, 7) is 6.17. The summed E-state index contributed by atoms with van der Waals surface area (Å²) >= 11 is 0. The lowest BCUT2D eigenvalue weighted by Gasteiger charge is -2.23. The van der Waals surface area contributed by atoms with Gasteiger partial charge < -0.3 is 20.3 Å². The maximum Gasteiger partial charge on any atom is 0.306 e. The molecule has 0 saturated heterocycles. The zero-order chi connectivity index (χ0) is 45.9. The highest BCUT2D eigenvalue weighted by atomic mass is 16.5. The number of aliphatic hydroxyl groups excluding tert-OH is 2. The second kappa shape index (κ2) is 49.0. The van der Waals surface area contributed by atoms with Gasteiger partial charge in [-0.25, -0.2) is 0 Å². The van der Waals surface area contributed by atoms with Crippen LogP contribution in [-0.2, 0) is 14.3 Å². The molecule has 0 heterocycles. The van der Waals surface area contributed by atoms with Crippen LogP contribution >= 0.6 is 0 Å². The van der Waals surface area contributed by atoms with Crippen molar-refractivity contribution in [1.29, 1.82) is 0 Å². The van der Waals surface area contributed by atoms with Gasteiger partial charge in [-0.05, 0) is 96.0 Å². The van der Waals surface area contributed by atoms with Gasteiger partial charge in [-0.1, -0.05) is 213 Å². The SMILES string of the molecule is CC/C=C\C/C=C\C/C=C\C/C=C\C/C=C\C/C=C\C(CC(=O)NC(CO)C(O)CCCCCCCCCCCC)OC(=O)CCC/C=C\C/C=C\C/C=C\C/C=C\C/C=C\CC. The molecule has 6 heteroatoms. The molecule has 0 aliphatic heterocycles. The third-order valence-electron chi connectivity index (χ3n) is 10.2. The molecule has 0 radical (unpaired) electrons. The number of esters is 1. The Labute approximate surface area is 386 Å². The fourth-order valence-corrected chi connectivity index (χ4v) is 6.52. The van der Waals surface area contributed by atoms with Crippen molar-refractivity contribution in [1.82, 2.24) is 5.32 Å². The maximum absolute atomic E-state index is 13.1. The predicted molar refractivity (Wildman–Crippen MR) is 273 cm³/mol. The standard InChI is InChI=1S/C57H91NO5/c1-4-7-10-13-16-19-22-24-26-28-30-32-34-36-39-42-45-48-53(51-56(61)58-54(52-59)55(60)49-46-43-40-37-21-18-15-12-9-6-3)63-57(62)50-47-44-41-38-35-33-31-29-27-25-23-20-17-14-11-8-5-2/h7-8,10-11,16-17,19-20,24-27,30-33,36,38-39,41,45,48,53-55,59-60H,4-6,9,12-15,18,21-23,28-29,34-35,37,40,42-44,46-47,49-52H2,1-3H3,(H,58,61)/b10-7-,11-8-,19-16-,20-17-,26-24-,27-25-,32-30-,33-31-,39-36-,41-38-,48-45-. The number of amides is 1. The molecule has 0 saturated carbocycles. The topological polar surface area (TPSA) is 95.9 Å². The van der Waals surface area contributed by atoms with Crippen LogP contribution in [0.4, 0.5) is 0 Å². The highest BCUT2D eigenvalue weighted by molar-refractivity contribution is 5.78. The van der Waals surface area contributed by atoms with E-state index in [2.05, 4.69) is 148 Å². The average molecular weight is 870 g/mol. The number of ether oxygens (including phenoxy) is 1. The molecular weight excluding hydrogens is 779 g/mol. The lowest BCUT2D eigenvalue weighted by molar-refractivity contribution is -0.148. The zero-order valence-electron chi connectivity index (χ0n) is 40.1. The minimum atomic E-state index is -0.837.